The molecule has 0 aromatic heterocycles. The Hall–Kier alpha value is -1.45. The van der Waals surface area contributed by atoms with Crippen LogP contribution in [0.4, 0.5) is 0 Å². The Labute approximate surface area is 362 Å². The van der Waals surface area contributed by atoms with Gasteiger partial charge in [0.25, 0.3) is 0 Å². The summed E-state index contributed by atoms with van der Waals surface area (Å²) in [7, 11) is 1.17. The lowest BCUT2D eigenvalue weighted by Gasteiger charge is -2.52. The van der Waals surface area contributed by atoms with Gasteiger partial charge in [-0.05, 0) is 27.7 Å². The second-order valence-corrected chi connectivity index (χ2v) is 17.4. The molecule has 25 heteroatoms. The van der Waals surface area contributed by atoms with Crippen LogP contribution in [0.2, 0.25) is 0 Å². The number of fused-ring (bicyclic) bond motifs is 1. The van der Waals surface area contributed by atoms with Crippen LogP contribution in [0.5, 0.6) is 0 Å². The lowest BCUT2D eigenvalue weighted by molar-refractivity contribution is -0.412. The van der Waals surface area contributed by atoms with Gasteiger partial charge < -0.3 is 118 Å². The van der Waals surface area contributed by atoms with Gasteiger partial charge in [0.1, 0.15) is 104 Å². The van der Waals surface area contributed by atoms with Gasteiger partial charge in [-0.2, -0.15) is 0 Å². The molecule has 6 fully saturated rings. The maximum Gasteiger partial charge on any atom is 0.302 e. The monoisotopic (exact) mass is 920 g/mol. The largest absolute Gasteiger partial charge is 0.463 e. The zero-order chi connectivity index (χ0) is 46.5. The van der Waals surface area contributed by atoms with E-state index in [1.807, 2.05) is 0 Å². The third kappa shape index (κ3) is 10.5. The Morgan fingerprint density at radius 2 is 1.22 bits per heavy atom. The molecule has 10 unspecified atom stereocenters. The van der Waals surface area contributed by atoms with Crippen LogP contribution in [-0.4, -0.2) is 248 Å². The quantitative estimate of drug-likeness (QED) is 0.0766. The van der Waals surface area contributed by atoms with Gasteiger partial charge in [-0.3, -0.25) is 4.79 Å². The summed E-state index contributed by atoms with van der Waals surface area (Å²) in [4.78, 5) is 11.8. The molecular formula is C38H64O25. The summed E-state index contributed by atoms with van der Waals surface area (Å²) in [6.45, 7) is 6.39. The number of methoxy groups -OCH3 is 1. The van der Waals surface area contributed by atoms with E-state index in [1.54, 1.807) is 13.8 Å². The van der Waals surface area contributed by atoms with Crippen molar-refractivity contribution < 1.29 is 123 Å². The molecule has 11 N–H and O–H groups in total. The number of carbonyl (C=O) groups is 1. The van der Waals surface area contributed by atoms with Crippen molar-refractivity contribution in [3.8, 4) is 0 Å². The summed E-state index contributed by atoms with van der Waals surface area (Å²) in [6, 6.07) is 0. The molecule has 63 heavy (non-hydrogen) atoms. The number of hydrogen-bond acceptors (Lipinski definition) is 25. The van der Waals surface area contributed by atoms with Gasteiger partial charge in [-0.25, -0.2) is 0 Å². The van der Waals surface area contributed by atoms with Gasteiger partial charge in [-0.1, -0.05) is 6.92 Å². The van der Waals surface area contributed by atoms with E-state index in [9.17, 15) is 61.0 Å². The van der Waals surface area contributed by atoms with E-state index in [4.69, 9.17) is 61.6 Å². The molecule has 0 radical (unpaired) electrons. The molecule has 6 rings (SSSR count). The van der Waals surface area contributed by atoms with E-state index in [0.29, 0.717) is 0 Å². The molecule has 0 bridgehead atoms. The summed E-state index contributed by atoms with van der Waals surface area (Å²) in [5, 5.41) is 122. The molecule has 0 aromatic carbocycles. The van der Waals surface area contributed by atoms with Crippen LogP contribution in [0, 0.1) is 5.92 Å². The number of rotatable bonds is 13. The minimum absolute atomic E-state index is 0.0337. The van der Waals surface area contributed by atoms with Crippen molar-refractivity contribution >= 4 is 5.97 Å². The highest BCUT2D eigenvalue weighted by Crippen LogP contribution is 2.40. The average Bonchev–Trinajstić information content (AvgIpc) is 3.23. The second-order valence-electron chi connectivity index (χ2n) is 17.4. The van der Waals surface area contributed by atoms with E-state index < -0.39 is 184 Å². The first kappa shape index (κ1) is 51.0. The third-order valence-corrected chi connectivity index (χ3v) is 12.3. The van der Waals surface area contributed by atoms with Crippen LogP contribution in [0.25, 0.3) is 0 Å². The molecule has 0 amide bonds. The molecule has 6 heterocycles. The van der Waals surface area contributed by atoms with Gasteiger partial charge >= 0.3 is 5.97 Å². The van der Waals surface area contributed by atoms with E-state index in [1.165, 1.54) is 27.9 Å². The molecule has 0 spiro atoms. The number of ether oxygens (including phenoxy) is 13. The standard InChI is InChI=1S/C38H64O25/c1-12-15(8-39)58-36(38(6,50)31(12)49)62-28-16(9-40)55-32(51-7)25(48)29(28)60-35-30(20(43)19(42)17(56-35)10-52-14(3)41)61-33-23(46)21(44)26(13(2)54-33)59-34-24(47)22(45)27-18(57-34)11-53-37(4,5)63-27/h12-13,15-36,39-40,42-50H,8-11H2,1-7H3/t12-,13?,15?,16?,17?,18?,19+,20+,21-,22-,23?,24?,25?,26+,27+,28-,29+,30?,31+,32+,33-,34-,35-,36-,38?/m0/s1. The minimum atomic E-state index is -2.16. The summed E-state index contributed by atoms with van der Waals surface area (Å²) in [5.74, 6) is -2.64. The maximum absolute atomic E-state index is 11.8. The Morgan fingerprint density at radius 1 is 0.635 bits per heavy atom. The summed E-state index contributed by atoms with van der Waals surface area (Å²) in [6.07, 6.45) is -36.7. The fourth-order valence-electron chi connectivity index (χ4n) is 8.58. The topological polar surface area (TPSA) is 360 Å². The third-order valence-electron chi connectivity index (χ3n) is 12.3. The number of esters is 1. The molecule has 25 nitrogen and oxygen atoms in total. The van der Waals surface area contributed by atoms with Crippen molar-refractivity contribution in [3.63, 3.8) is 0 Å². The predicted octanol–water partition coefficient (Wildman–Crippen LogP) is -6.21. The SMILES string of the molecule is CO[C@@H]1OC(CO)[C@H](O[C@@H]2OC(CO)[C@H](C)[C@@H](O)C2(C)O)[C@H](O[C@@H]2OC(COC(C)=O)[C@@H](O)[C@@H](O)C2O[C@@H]2OC(C)[C@@H](O[C@@H]3OC4COC(C)(C)O[C@H]4[C@@H](O)C3O)[C@@H](O)C2O)C1O. The highest BCUT2D eigenvalue weighted by molar-refractivity contribution is 5.65. The molecule has 0 aromatic rings. The van der Waals surface area contributed by atoms with Crippen molar-refractivity contribution in [2.24, 2.45) is 5.92 Å². The van der Waals surface area contributed by atoms with Crippen LogP contribution in [0.1, 0.15) is 41.5 Å². The van der Waals surface area contributed by atoms with Crippen LogP contribution in [-0.2, 0) is 66.4 Å². The molecule has 0 aliphatic carbocycles. The highest BCUT2D eigenvalue weighted by Gasteiger charge is 2.59. The smallest absolute Gasteiger partial charge is 0.302 e. The Bertz CT molecular complexity index is 1490. The molecule has 6 saturated heterocycles. The van der Waals surface area contributed by atoms with Crippen molar-refractivity contribution in [2.45, 2.75) is 194 Å². The predicted molar refractivity (Wildman–Crippen MR) is 199 cm³/mol. The molecule has 25 atom stereocenters. The van der Waals surface area contributed by atoms with Crippen LogP contribution in [0.15, 0.2) is 0 Å². The zero-order valence-electron chi connectivity index (χ0n) is 35.8. The van der Waals surface area contributed by atoms with Gasteiger partial charge in [0, 0.05) is 20.0 Å². The van der Waals surface area contributed by atoms with Gasteiger partial charge in [0.05, 0.1) is 38.1 Å². The fraction of sp³-hybridized carbons (Fsp3) is 0.974. The first-order valence-corrected chi connectivity index (χ1v) is 20.8. The van der Waals surface area contributed by atoms with Gasteiger partial charge in [-0.15, -0.1) is 0 Å². The number of aliphatic hydroxyl groups is 11. The Balaban J connectivity index is 1.24. The van der Waals surface area contributed by atoms with Gasteiger partial charge in [0.15, 0.2) is 37.2 Å². The zero-order valence-corrected chi connectivity index (χ0v) is 35.8. The lowest BCUT2D eigenvalue weighted by Crippen LogP contribution is -2.69. The molecule has 0 saturated carbocycles. The van der Waals surface area contributed by atoms with E-state index >= 15 is 0 Å². The van der Waals surface area contributed by atoms with Crippen molar-refractivity contribution in [1.82, 2.24) is 0 Å². The first-order valence-electron chi connectivity index (χ1n) is 20.8. The molecule has 6 aliphatic heterocycles. The number of hydrogen-bond donors (Lipinski definition) is 11. The Morgan fingerprint density at radius 3 is 1.86 bits per heavy atom. The number of aliphatic hydroxyl groups excluding tert-OH is 10. The number of carbonyl (C=O) groups excluding carboxylic acids is 1. The lowest BCUT2D eigenvalue weighted by atomic mass is 9.82. The van der Waals surface area contributed by atoms with Crippen molar-refractivity contribution in [2.75, 3.05) is 33.5 Å². The average molecular weight is 921 g/mol. The summed E-state index contributed by atoms with van der Waals surface area (Å²) >= 11 is 0. The van der Waals surface area contributed by atoms with Gasteiger partial charge in [0.2, 0.25) is 0 Å². The van der Waals surface area contributed by atoms with Crippen molar-refractivity contribution in [3.05, 3.63) is 0 Å². The normalized spacial score (nSPS) is 51.6. The fourth-order valence-corrected chi connectivity index (χ4v) is 8.58. The summed E-state index contributed by atoms with van der Waals surface area (Å²) < 4.78 is 75.2. The van der Waals surface area contributed by atoms with E-state index in [0.717, 1.165) is 6.92 Å². The van der Waals surface area contributed by atoms with E-state index in [2.05, 4.69) is 0 Å². The van der Waals surface area contributed by atoms with E-state index in [-0.39, 0.29) is 6.61 Å². The molecule has 366 valence electrons. The van der Waals surface area contributed by atoms with Crippen molar-refractivity contribution in [1.29, 1.82) is 0 Å². The summed E-state index contributed by atoms with van der Waals surface area (Å²) in [5.41, 5.74) is -2.16. The van der Waals surface area contributed by atoms with Crippen LogP contribution >= 0.6 is 0 Å². The van der Waals surface area contributed by atoms with Crippen LogP contribution in [0.3, 0.4) is 0 Å². The van der Waals surface area contributed by atoms with Crippen LogP contribution < -0.4 is 0 Å². The maximum atomic E-state index is 11.8. The molecule has 6 aliphatic rings. The minimum Gasteiger partial charge on any atom is -0.463 e. The highest BCUT2D eigenvalue weighted by atomic mass is 16.8. The Kier molecular flexibility index (Phi) is 16.5. The molecular weight excluding hydrogens is 856 g/mol. The second kappa shape index (κ2) is 20.4. The first-order chi connectivity index (χ1) is 29.5.